The van der Waals surface area contributed by atoms with Crippen LogP contribution in [0.3, 0.4) is 0 Å². The van der Waals surface area contributed by atoms with Crippen LogP contribution in [0.4, 0.5) is 0 Å². The zero-order valence-electron chi connectivity index (χ0n) is 7.87. The van der Waals surface area contributed by atoms with Crippen LogP contribution in [0.5, 0.6) is 0 Å². The second-order valence-electron chi connectivity index (χ2n) is 2.80. The van der Waals surface area contributed by atoms with Crippen LogP contribution in [0.25, 0.3) is 0 Å². The van der Waals surface area contributed by atoms with Crippen molar-refractivity contribution in [3.63, 3.8) is 0 Å². The first kappa shape index (κ1) is 11.4. The third kappa shape index (κ3) is 4.31. The lowest BCUT2D eigenvalue weighted by atomic mass is 10.2. The molecular weight excluding hydrogens is 150 g/mol. The number of aliphatic hydroxyl groups is 1. The Bertz CT molecular complexity index is 124. The van der Waals surface area contributed by atoms with Crippen molar-refractivity contribution in [2.75, 3.05) is 13.1 Å². The van der Waals surface area contributed by atoms with Gasteiger partial charge in [0.05, 0.1) is 0 Å². The van der Waals surface area contributed by atoms with Gasteiger partial charge in [-0.05, 0) is 6.42 Å². The van der Waals surface area contributed by atoms with E-state index in [0.29, 0.717) is 13.1 Å². The zero-order valence-corrected chi connectivity index (χ0v) is 7.87. The third-order valence-corrected chi connectivity index (χ3v) is 1.70. The molecular formula is C10H19NO. The van der Waals surface area contributed by atoms with E-state index in [4.69, 9.17) is 0 Å². The fourth-order valence-electron chi connectivity index (χ4n) is 1.09. The van der Waals surface area contributed by atoms with Crippen LogP contribution in [-0.4, -0.2) is 29.3 Å². The van der Waals surface area contributed by atoms with E-state index in [0.717, 1.165) is 12.8 Å². The summed E-state index contributed by atoms with van der Waals surface area (Å²) in [6, 6.07) is 0. The van der Waals surface area contributed by atoms with Crippen LogP contribution < -0.4 is 0 Å². The monoisotopic (exact) mass is 169 g/mol. The normalized spacial score (nSPS) is 12.9. The largest absolute Gasteiger partial charge is 0.378 e. The fraction of sp³-hybridized carbons (Fsp3) is 0.600. The molecule has 0 heterocycles. The lowest BCUT2D eigenvalue weighted by Crippen LogP contribution is -2.35. The van der Waals surface area contributed by atoms with Gasteiger partial charge in [0.1, 0.15) is 6.23 Å². The van der Waals surface area contributed by atoms with Gasteiger partial charge in [-0.1, -0.05) is 25.5 Å². The van der Waals surface area contributed by atoms with E-state index >= 15 is 0 Å². The van der Waals surface area contributed by atoms with Crippen molar-refractivity contribution in [1.29, 1.82) is 0 Å². The summed E-state index contributed by atoms with van der Waals surface area (Å²) < 4.78 is 0. The molecule has 12 heavy (non-hydrogen) atoms. The first-order chi connectivity index (χ1) is 5.76. The molecule has 2 heteroatoms. The maximum atomic E-state index is 9.60. The van der Waals surface area contributed by atoms with E-state index in [-0.39, 0.29) is 6.23 Å². The molecule has 0 aromatic heterocycles. The number of hydrogen-bond acceptors (Lipinski definition) is 2. The van der Waals surface area contributed by atoms with Gasteiger partial charge in [-0.3, -0.25) is 4.90 Å². The van der Waals surface area contributed by atoms with E-state index in [1.807, 2.05) is 4.90 Å². The van der Waals surface area contributed by atoms with Gasteiger partial charge in [0.2, 0.25) is 0 Å². The number of nitrogens with zero attached hydrogens (tertiary/aromatic N) is 1. The van der Waals surface area contributed by atoms with Crippen molar-refractivity contribution in [3.05, 3.63) is 25.3 Å². The van der Waals surface area contributed by atoms with Crippen molar-refractivity contribution in [2.45, 2.75) is 26.0 Å². The Morgan fingerprint density at radius 1 is 1.33 bits per heavy atom. The standard InChI is InChI=1S/C10H19NO/c1-4-7-10(12)11(8-5-2)9-6-3/h5-6,10,12H,2-4,7-9H2,1H3. The summed E-state index contributed by atoms with van der Waals surface area (Å²) in [5.41, 5.74) is 0. The summed E-state index contributed by atoms with van der Waals surface area (Å²) in [5.74, 6) is 0. The van der Waals surface area contributed by atoms with Crippen molar-refractivity contribution < 1.29 is 5.11 Å². The summed E-state index contributed by atoms with van der Waals surface area (Å²) in [6.45, 7) is 10.8. The van der Waals surface area contributed by atoms with E-state index < -0.39 is 0 Å². The summed E-state index contributed by atoms with van der Waals surface area (Å²) in [7, 11) is 0. The fourth-order valence-corrected chi connectivity index (χ4v) is 1.09. The van der Waals surface area contributed by atoms with Crippen molar-refractivity contribution in [1.82, 2.24) is 4.90 Å². The van der Waals surface area contributed by atoms with Gasteiger partial charge in [-0.2, -0.15) is 0 Å². The Morgan fingerprint density at radius 2 is 1.83 bits per heavy atom. The van der Waals surface area contributed by atoms with Crippen molar-refractivity contribution in [3.8, 4) is 0 Å². The SMILES string of the molecule is C=CCN(CC=C)C(O)CCC. The van der Waals surface area contributed by atoms with Crippen LogP contribution in [0.1, 0.15) is 19.8 Å². The Morgan fingerprint density at radius 3 is 2.17 bits per heavy atom. The highest BCUT2D eigenvalue weighted by Gasteiger charge is 2.10. The van der Waals surface area contributed by atoms with Gasteiger partial charge in [-0.25, -0.2) is 0 Å². The minimum Gasteiger partial charge on any atom is -0.378 e. The Kier molecular flexibility index (Phi) is 6.72. The summed E-state index contributed by atoms with van der Waals surface area (Å²) in [6.07, 6.45) is 5.03. The van der Waals surface area contributed by atoms with Crippen LogP contribution in [-0.2, 0) is 0 Å². The first-order valence-corrected chi connectivity index (χ1v) is 4.40. The van der Waals surface area contributed by atoms with E-state index in [9.17, 15) is 5.11 Å². The number of rotatable bonds is 7. The first-order valence-electron chi connectivity index (χ1n) is 4.40. The van der Waals surface area contributed by atoms with Crippen LogP contribution >= 0.6 is 0 Å². The minimum atomic E-state index is -0.356. The molecule has 0 aromatic carbocycles. The molecule has 0 saturated heterocycles. The van der Waals surface area contributed by atoms with Gasteiger partial charge in [0, 0.05) is 13.1 Å². The molecule has 0 aliphatic carbocycles. The molecule has 0 amide bonds. The van der Waals surface area contributed by atoms with E-state index in [1.54, 1.807) is 12.2 Å². The summed E-state index contributed by atoms with van der Waals surface area (Å²) >= 11 is 0. The molecule has 1 atom stereocenters. The molecule has 0 aromatic rings. The molecule has 2 nitrogen and oxygen atoms in total. The average molecular weight is 169 g/mol. The number of hydrogen-bond donors (Lipinski definition) is 1. The molecule has 0 aliphatic rings. The van der Waals surface area contributed by atoms with Crippen LogP contribution in [0.15, 0.2) is 25.3 Å². The topological polar surface area (TPSA) is 23.5 Å². The molecule has 0 aliphatic heterocycles. The minimum absolute atomic E-state index is 0.356. The molecule has 0 bridgehead atoms. The van der Waals surface area contributed by atoms with Crippen LogP contribution in [0, 0.1) is 0 Å². The van der Waals surface area contributed by atoms with Gasteiger partial charge < -0.3 is 5.11 Å². The van der Waals surface area contributed by atoms with Gasteiger partial charge in [0.15, 0.2) is 0 Å². The molecule has 0 radical (unpaired) electrons. The van der Waals surface area contributed by atoms with Gasteiger partial charge >= 0.3 is 0 Å². The Balaban J connectivity index is 3.88. The Hall–Kier alpha value is -0.600. The highest BCUT2D eigenvalue weighted by atomic mass is 16.3. The second kappa shape index (κ2) is 7.07. The van der Waals surface area contributed by atoms with Crippen molar-refractivity contribution >= 4 is 0 Å². The van der Waals surface area contributed by atoms with Gasteiger partial charge in [0.25, 0.3) is 0 Å². The molecule has 0 rings (SSSR count). The maximum Gasteiger partial charge on any atom is 0.107 e. The quantitative estimate of drug-likeness (QED) is 0.464. The van der Waals surface area contributed by atoms with Crippen LogP contribution in [0.2, 0.25) is 0 Å². The third-order valence-electron chi connectivity index (χ3n) is 1.70. The second-order valence-corrected chi connectivity index (χ2v) is 2.80. The average Bonchev–Trinajstić information content (AvgIpc) is 2.04. The molecule has 0 fully saturated rings. The highest BCUT2D eigenvalue weighted by Crippen LogP contribution is 2.03. The highest BCUT2D eigenvalue weighted by molar-refractivity contribution is 4.80. The molecule has 70 valence electrons. The summed E-state index contributed by atoms with van der Waals surface area (Å²) in [4.78, 5) is 1.93. The lowest BCUT2D eigenvalue weighted by Gasteiger charge is -2.24. The molecule has 0 saturated carbocycles. The molecule has 0 spiro atoms. The zero-order chi connectivity index (χ0) is 9.40. The Labute approximate surface area is 75.2 Å². The van der Waals surface area contributed by atoms with Gasteiger partial charge in [-0.15, -0.1) is 13.2 Å². The lowest BCUT2D eigenvalue weighted by molar-refractivity contribution is 0.0127. The predicted octanol–water partition coefficient (Wildman–Crippen LogP) is 1.78. The van der Waals surface area contributed by atoms with E-state index in [2.05, 4.69) is 20.1 Å². The predicted molar refractivity (Wildman–Crippen MR) is 52.9 cm³/mol. The molecule has 1 N–H and O–H groups in total. The maximum absolute atomic E-state index is 9.60. The summed E-state index contributed by atoms with van der Waals surface area (Å²) in [5, 5.41) is 9.60. The number of aliphatic hydroxyl groups excluding tert-OH is 1. The molecule has 1 unspecified atom stereocenters. The van der Waals surface area contributed by atoms with Crippen molar-refractivity contribution in [2.24, 2.45) is 0 Å². The smallest absolute Gasteiger partial charge is 0.107 e. The van der Waals surface area contributed by atoms with E-state index in [1.165, 1.54) is 0 Å².